The van der Waals surface area contributed by atoms with Crippen molar-refractivity contribution in [1.29, 1.82) is 0 Å². The van der Waals surface area contributed by atoms with E-state index < -0.39 is 8.07 Å². The number of hydrogen-bond donors (Lipinski definition) is 0. The maximum atomic E-state index is 2.44. The lowest BCUT2D eigenvalue weighted by atomic mass is 10.1. The number of hydrogen-bond acceptors (Lipinski definition) is 0. The first-order chi connectivity index (χ1) is 6.65. The molecule has 0 aliphatic heterocycles. The molecule has 0 saturated heterocycles. The molecule has 1 aliphatic carbocycles. The van der Waals surface area contributed by atoms with Crippen LogP contribution in [0.1, 0.15) is 47.0 Å². The Kier molecular flexibility index (Phi) is 4.69. The average Bonchev–Trinajstić information content (AvgIpc) is 2.61. The van der Waals surface area contributed by atoms with Crippen molar-refractivity contribution in [1.82, 2.24) is 0 Å². The summed E-state index contributed by atoms with van der Waals surface area (Å²) < 4.78 is 0. The molecule has 0 aromatic heterocycles. The molecule has 2 unspecified atom stereocenters. The van der Waals surface area contributed by atoms with Crippen molar-refractivity contribution in [2.75, 3.05) is 0 Å². The SMILES string of the molecule is CC[Si](CC)(CC)CC1CCC(C)C1. The van der Waals surface area contributed by atoms with Gasteiger partial charge in [-0.15, -0.1) is 0 Å². The van der Waals surface area contributed by atoms with E-state index >= 15 is 0 Å². The van der Waals surface area contributed by atoms with Crippen LogP contribution in [0.4, 0.5) is 0 Å². The third kappa shape index (κ3) is 2.85. The van der Waals surface area contributed by atoms with E-state index in [1.165, 1.54) is 37.4 Å². The Hall–Kier alpha value is 0.217. The van der Waals surface area contributed by atoms with Crippen molar-refractivity contribution in [3.05, 3.63) is 0 Å². The van der Waals surface area contributed by atoms with E-state index in [2.05, 4.69) is 27.7 Å². The summed E-state index contributed by atoms with van der Waals surface area (Å²) in [7, 11) is -0.812. The molecule has 0 amide bonds. The maximum Gasteiger partial charge on any atom is 0.0530 e. The molecule has 1 rings (SSSR count). The molecule has 0 spiro atoms. The lowest BCUT2D eigenvalue weighted by molar-refractivity contribution is 0.547. The Morgan fingerprint density at radius 1 is 1.00 bits per heavy atom. The minimum absolute atomic E-state index is 0.812. The summed E-state index contributed by atoms with van der Waals surface area (Å²) in [5.41, 5.74) is 0. The molecule has 0 nitrogen and oxygen atoms in total. The minimum atomic E-state index is -0.812. The quantitative estimate of drug-likeness (QED) is 0.567. The van der Waals surface area contributed by atoms with Crippen LogP contribution < -0.4 is 0 Å². The van der Waals surface area contributed by atoms with Crippen LogP contribution in [-0.4, -0.2) is 8.07 Å². The second-order valence-electron chi connectivity index (χ2n) is 5.55. The van der Waals surface area contributed by atoms with Gasteiger partial charge < -0.3 is 0 Å². The zero-order valence-corrected chi connectivity index (χ0v) is 11.6. The van der Waals surface area contributed by atoms with E-state index in [0.29, 0.717) is 0 Å². The van der Waals surface area contributed by atoms with Crippen LogP contribution in [0.3, 0.4) is 0 Å². The molecule has 0 aromatic rings. The fraction of sp³-hybridized carbons (Fsp3) is 1.00. The second-order valence-corrected chi connectivity index (χ2v) is 11.1. The van der Waals surface area contributed by atoms with Crippen LogP contribution >= 0.6 is 0 Å². The normalized spacial score (nSPS) is 28.3. The molecule has 1 aliphatic rings. The molecular weight excluding hydrogens is 184 g/mol. The van der Waals surface area contributed by atoms with Crippen LogP contribution in [0.15, 0.2) is 0 Å². The first-order valence-corrected chi connectivity index (χ1v) is 9.48. The lowest BCUT2D eigenvalue weighted by Gasteiger charge is -2.31. The van der Waals surface area contributed by atoms with Gasteiger partial charge in [-0.2, -0.15) is 0 Å². The van der Waals surface area contributed by atoms with Crippen LogP contribution in [0.5, 0.6) is 0 Å². The van der Waals surface area contributed by atoms with Gasteiger partial charge in [-0.05, 0) is 18.3 Å². The Balaban J connectivity index is 2.47. The Morgan fingerprint density at radius 3 is 1.93 bits per heavy atom. The van der Waals surface area contributed by atoms with Gasteiger partial charge in [0.05, 0.1) is 8.07 Å². The summed E-state index contributed by atoms with van der Waals surface area (Å²) in [6, 6.07) is 6.20. The van der Waals surface area contributed by atoms with E-state index in [0.717, 1.165) is 11.8 Å². The molecule has 0 aromatic carbocycles. The first-order valence-electron chi connectivity index (χ1n) is 6.65. The van der Waals surface area contributed by atoms with Crippen LogP contribution in [0.25, 0.3) is 0 Å². The molecule has 1 saturated carbocycles. The van der Waals surface area contributed by atoms with Gasteiger partial charge >= 0.3 is 0 Å². The van der Waals surface area contributed by atoms with Crippen molar-refractivity contribution in [2.45, 2.75) is 71.1 Å². The predicted molar refractivity (Wildman–Crippen MR) is 68.5 cm³/mol. The molecule has 84 valence electrons. The Bertz CT molecular complexity index is 152. The summed E-state index contributed by atoms with van der Waals surface area (Å²) in [4.78, 5) is 0. The highest BCUT2D eigenvalue weighted by Gasteiger charge is 2.32. The summed E-state index contributed by atoms with van der Waals surface area (Å²) >= 11 is 0. The van der Waals surface area contributed by atoms with Crippen molar-refractivity contribution in [3.63, 3.8) is 0 Å². The summed E-state index contributed by atoms with van der Waals surface area (Å²) in [6.07, 6.45) is 4.58. The Labute approximate surface area is 91.5 Å². The molecular formula is C13H28Si. The van der Waals surface area contributed by atoms with Crippen LogP contribution in [0.2, 0.25) is 24.2 Å². The first kappa shape index (κ1) is 12.3. The zero-order chi connectivity index (χ0) is 10.6. The van der Waals surface area contributed by atoms with E-state index in [9.17, 15) is 0 Å². The maximum absolute atomic E-state index is 2.44. The van der Waals surface area contributed by atoms with Gasteiger partial charge in [-0.25, -0.2) is 0 Å². The smallest absolute Gasteiger partial charge is 0.0530 e. The van der Waals surface area contributed by atoms with E-state index in [1.54, 1.807) is 6.04 Å². The fourth-order valence-electron chi connectivity index (χ4n) is 3.31. The zero-order valence-electron chi connectivity index (χ0n) is 10.6. The van der Waals surface area contributed by atoms with Gasteiger partial charge in [0.2, 0.25) is 0 Å². The predicted octanol–water partition coefficient (Wildman–Crippen LogP) is 4.93. The molecule has 0 heterocycles. The second kappa shape index (κ2) is 5.34. The topological polar surface area (TPSA) is 0 Å². The summed E-state index contributed by atoms with van der Waals surface area (Å²) in [5, 5.41) is 0. The molecule has 14 heavy (non-hydrogen) atoms. The average molecular weight is 212 g/mol. The van der Waals surface area contributed by atoms with Crippen molar-refractivity contribution >= 4 is 8.07 Å². The minimum Gasteiger partial charge on any atom is -0.0678 e. The van der Waals surface area contributed by atoms with Gasteiger partial charge in [0, 0.05) is 0 Å². The van der Waals surface area contributed by atoms with Crippen LogP contribution in [-0.2, 0) is 0 Å². The highest BCUT2D eigenvalue weighted by atomic mass is 28.3. The molecule has 0 bridgehead atoms. The third-order valence-electron chi connectivity index (χ3n) is 4.78. The Morgan fingerprint density at radius 2 is 1.57 bits per heavy atom. The highest BCUT2D eigenvalue weighted by Crippen LogP contribution is 2.39. The third-order valence-corrected chi connectivity index (χ3v) is 10.7. The standard InChI is InChI=1S/C13H28Si/c1-5-14(6-2,7-3)11-13-9-8-12(4)10-13/h12-13H,5-11H2,1-4H3. The lowest BCUT2D eigenvalue weighted by Crippen LogP contribution is -2.33. The van der Waals surface area contributed by atoms with E-state index in [1.807, 2.05) is 0 Å². The van der Waals surface area contributed by atoms with Crippen molar-refractivity contribution in [3.8, 4) is 0 Å². The largest absolute Gasteiger partial charge is 0.0678 e. The molecule has 2 atom stereocenters. The molecule has 0 radical (unpaired) electrons. The highest BCUT2D eigenvalue weighted by molar-refractivity contribution is 6.79. The van der Waals surface area contributed by atoms with Crippen molar-refractivity contribution < 1.29 is 0 Å². The summed E-state index contributed by atoms with van der Waals surface area (Å²) in [6.45, 7) is 9.76. The van der Waals surface area contributed by atoms with Gasteiger partial charge in [0.1, 0.15) is 0 Å². The van der Waals surface area contributed by atoms with Gasteiger partial charge in [-0.1, -0.05) is 64.7 Å². The van der Waals surface area contributed by atoms with E-state index in [-0.39, 0.29) is 0 Å². The molecule has 0 N–H and O–H groups in total. The van der Waals surface area contributed by atoms with Gasteiger partial charge in [0.15, 0.2) is 0 Å². The van der Waals surface area contributed by atoms with Crippen LogP contribution in [0, 0.1) is 11.8 Å². The van der Waals surface area contributed by atoms with Gasteiger partial charge in [0.25, 0.3) is 0 Å². The van der Waals surface area contributed by atoms with E-state index in [4.69, 9.17) is 0 Å². The van der Waals surface area contributed by atoms with Gasteiger partial charge in [-0.3, -0.25) is 0 Å². The number of rotatable bonds is 5. The monoisotopic (exact) mass is 212 g/mol. The molecule has 1 heteroatoms. The fourth-order valence-corrected chi connectivity index (χ4v) is 7.27. The molecule has 1 fully saturated rings. The van der Waals surface area contributed by atoms with Crippen molar-refractivity contribution in [2.24, 2.45) is 11.8 Å². The summed E-state index contributed by atoms with van der Waals surface area (Å²) in [5.74, 6) is 2.13.